The average Bonchev–Trinajstić information content (AvgIpc) is 3.35. The minimum atomic E-state index is -3.90. The van der Waals surface area contributed by atoms with Gasteiger partial charge in [0.05, 0.1) is 16.3 Å². The van der Waals surface area contributed by atoms with Crippen molar-refractivity contribution in [1.82, 2.24) is 9.78 Å². The van der Waals surface area contributed by atoms with Crippen LogP contribution in [0.4, 0.5) is 5.69 Å². The number of carbonyl (C=O) groups excluding carboxylic acids is 1. The summed E-state index contributed by atoms with van der Waals surface area (Å²) in [5, 5.41) is 12.8. The highest BCUT2D eigenvalue weighted by atomic mass is 32.2. The number of sulfonamides is 1. The van der Waals surface area contributed by atoms with Gasteiger partial charge in [-0.15, -0.1) is 0 Å². The van der Waals surface area contributed by atoms with E-state index < -0.39 is 10.0 Å². The van der Waals surface area contributed by atoms with Crippen molar-refractivity contribution >= 4 is 33.3 Å². The van der Waals surface area contributed by atoms with Crippen molar-refractivity contribution in [2.45, 2.75) is 4.90 Å². The van der Waals surface area contributed by atoms with Gasteiger partial charge in [0.2, 0.25) is 10.0 Å². The Morgan fingerprint density at radius 2 is 1.62 bits per heavy atom. The molecule has 1 aliphatic rings. The fourth-order valence-electron chi connectivity index (χ4n) is 3.67. The van der Waals surface area contributed by atoms with E-state index >= 15 is 0 Å². The number of hydrogen-bond donors (Lipinski definition) is 2. The van der Waals surface area contributed by atoms with Crippen molar-refractivity contribution in [2.75, 3.05) is 5.32 Å². The van der Waals surface area contributed by atoms with Gasteiger partial charge in [0, 0.05) is 34.1 Å². The molecular weight excluding hydrogens is 424 g/mol. The van der Waals surface area contributed by atoms with Gasteiger partial charge in [-0.1, -0.05) is 48.5 Å². The molecule has 32 heavy (non-hydrogen) atoms. The van der Waals surface area contributed by atoms with Gasteiger partial charge >= 0.3 is 0 Å². The van der Waals surface area contributed by atoms with Crippen LogP contribution in [-0.2, 0) is 14.8 Å². The van der Waals surface area contributed by atoms with Gasteiger partial charge in [-0.2, -0.15) is 5.10 Å². The van der Waals surface area contributed by atoms with E-state index in [0.29, 0.717) is 22.5 Å². The van der Waals surface area contributed by atoms with Crippen LogP contribution in [-0.4, -0.2) is 24.1 Å². The minimum Gasteiger partial charge on any atom is -0.321 e. The smallest absolute Gasteiger partial charge is 0.256 e. The molecule has 2 heterocycles. The van der Waals surface area contributed by atoms with Crippen molar-refractivity contribution in [1.29, 1.82) is 0 Å². The summed E-state index contributed by atoms with van der Waals surface area (Å²) in [5.41, 5.74) is 4.55. The number of fused-ring (bicyclic) bond motifs is 1. The molecule has 4 aromatic rings. The van der Waals surface area contributed by atoms with E-state index in [-0.39, 0.29) is 10.8 Å². The molecule has 8 heteroatoms. The quantitative estimate of drug-likeness (QED) is 0.470. The number of amides is 1. The predicted molar refractivity (Wildman–Crippen MR) is 123 cm³/mol. The predicted octanol–water partition coefficient (Wildman–Crippen LogP) is 3.68. The first kappa shape index (κ1) is 19.9. The van der Waals surface area contributed by atoms with Gasteiger partial charge in [-0.25, -0.2) is 18.2 Å². The molecule has 1 amide bonds. The molecule has 158 valence electrons. The summed E-state index contributed by atoms with van der Waals surface area (Å²) in [6.45, 7) is 0. The third kappa shape index (κ3) is 3.62. The molecule has 0 bridgehead atoms. The van der Waals surface area contributed by atoms with Crippen LogP contribution in [0.15, 0.2) is 90.0 Å². The van der Waals surface area contributed by atoms with Crippen molar-refractivity contribution in [3.63, 3.8) is 0 Å². The number of rotatable bonds is 4. The van der Waals surface area contributed by atoms with Gasteiger partial charge in [0.1, 0.15) is 0 Å². The van der Waals surface area contributed by atoms with Crippen LogP contribution in [0.3, 0.4) is 0 Å². The summed E-state index contributed by atoms with van der Waals surface area (Å²) in [4.78, 5) is 12.7. The molecule has 0 aliphatic carbocycles. The van der Waals surface area contributed by atoms with Crippen LogP contribution in [0, 0.1) is 0 Å². The number of aromatic nitrogens is 2. The Kier molecular flexibility index (Phi) is 4.73. The SMILES string of the molecule is NS(=O)(=O)c1ccc2c(c1)/C(=C/c1cn(-c3ccccc3)nc1-c1ccccc1)C(=O)N2. The van der Waals surface area contributed by atoms with Gasteiger partial charge in [-0.05, 0) is 36.4 Å². The highest BCUT2D eigenvalue weighted by Crippen LogP contribution is 2.36. The molecule has 3 N–H and O–H groups in total. The first-order valence-corrected chi connectivity index (χ1v) is 11.4. The summed E-state index contributed by atoms with van der Waals surface area (Å²) in [6.07, 6.45) is 3.57. The Labute approximate surface area is 184 Å². The van der Waals surface area contributed by atoms with E-state index in [1.165, 1.54) is 12.1 Å². The third-order valence-corrected chi connectivity index (χ3v) is 6.12. The minimum absolute atomic E-state index is 0.0538. The standard InChI is InChI=1S/C24H18N4O3S/c25-32(30,31)19-11-12-22-20(14-19)21(24(29)26-22)13-17-15-28(18-9-5-2-6-10-18)27-23(17)16-7-3-1-4-8-16/h1-15H,(H,26,29)(H2,25,30,31)/b21-13-. The zero-order valence-corrected chi connectivity index (χ0v) is 17.6. The Morgan fingerprint density at radius 3 is 2.31 bits per heavy atom. The van der Waals surface area contributed by atoms with E-state index in [0.717, 1.165) is 16.8 Å². The number of nitrogens with one attached hydrogen (secondary N) is 1. The maximum Gasteiger partial charge on any atom is 0.256 e. The van der Waals surface area contributed by atoms with Crippen molar-refractivity contribution in [3.8, 4) is 16.9 Å². The first-order chi connectivity index (χ1) is 15.4. The Bertz CT molecular complexity index is 1470. The number of hydrogen-bond acceptors (Lipinski definition) is 4. The number of carbonyl (C=O) groups is 1. The van der Waals surface area contributed by atoms with Gasteiger partial charge in [0.15, 0.2) is 0 Å². The fraction of sp³-hybridized carbons (Fsp3) is 0. The summed E-state index contributed by atoms with van der Waals surface area (Å²) in [7, 11) is -3.90. The lowest BCUT2D eigenvalue weighted by molar-refractivity contribution is -0.110. The van der Waals surface area contributed by atoms with Crippen LogP contribution in [0.5, 0.6) is 0 Å². The highest BCUT2D eigenvalue weighted by molar-refractivity contribution is 7.89. The average molecular weight is 443 g/mol. The highest BCUT2D eigenvalue weighted by Gasteiger charge is 2.26. The number of benzene rings is 3. The molecule has 0 atom stereocenters. The van der Waals surface area contributed by atoms with Crippen molar-refractivity contribution < 1.29 is 13.2 Å². The van der Waals surface area contributed by atoms with Crippen LogP contribution >= 0.6 is 0 Å². The lowest BCUT2D eigenvalue weighted by atomic mass is 10.0. The molecule has 0 radical (unpaired) electrons. The third-order valence-electron chi connectivity index (χ3n) is 5.21. The molecular formula is C24H18N4O3S. The molecule has 1 aliphatic heterocycles. The Balaban J connectivity index is 1.69. The molecule has 0 saturated heterocycles. The first-order valence-electron chi connectivity index (χ1n) is 9.81. The Hall–Kier alpha value is -4.01. The van der Waals surface area contributed by atoms with E-state index in [1.807, 2.05) is 66.9 Å². The number of primary sulfonamides is 1. The van der Waals surface area contributed by atoms with Gasteiger partial charge in [0.25, 0.3) is 5.91 Å². The van der Waals surface area contributed by atoms with E-state index in [2.05, 4.69) is 5.32 Å². The summed E-state index contributed by atoms with van der Waals surface area (Å²) in [5.74, 6) is -0.321. The number of nitrogens with zero attached hydrogens (tertiary/aromatic N) is 2. The topological polar surface area (TPSA) is 107 Å². The second kappa shape index (κ2) is 7.60. The molecule has 0 spiro atoms. The second-order valence-electron chi connectivity index (χ2n) is 7.34. The maximum absolute atomic E-state index is 12.7. The van der Waals surface area contributed by atoms with Gasteiger partial charge < -0.3 is 5.32 Å². The lowest BCUT2D eigenvalue weighted by Crippen LogP contribution is -2.12. The molecule has 3 aromatic carbocycles. The summed E-state index contributed by atoms with van der Waals surface area (Å²) < 4.78 is 25.4. The maximum atomic E-state index is 12.7. The summed E-state index contributed by atoms with van der Waals surface area (Å²) in [6, 6.07) is 23.6. The van der Waals surface area contributed by atoms with E-state index in [9.17, 15) is 13.2 Å². The summed E-state index contributed by atoms with van der Waals surface area (Å²) >= 11 is 0. The van der Waals surface area contributed by atoms with Crippen LogP contribution < -0.4 is 10.5 Å². The van der Waals surface area contributed by atoms with Gasteiger partial charge in [-0.3, -0.25) is 4.79 Å². The van der Waals surface area contributed by atoms with Crippen LogP contribution in [0.1, 0.15) is 11.1 Å². The van der Waals surface area contributed by atoms with Crippen molar-refractivity contribution in [3.05, 3.63) is 96.2 Å². The zero-order valence-electron chi connectivity index (χ0n) is 16.8. The number of nitrogens with two attached hydrogens (primary N) is 1. The molecule has 0 fully saturated rings. The molecule has 5 rings (SSSR count). The Morgan fingerprint density at radius 1 is 0.938 bits per heavy atom. The molecule has 7 nitrogen and oxygen atoms in total. The number of para-hydroxylation sites is 1. The van der Waals surface area contributed by atoms with E-state index in [4.69, 9.17) is 10.2 Å². The zero-order chi connectivity index (χ0) is 22.3. The molecule has 0 saturated carbocycles. The number of anilines is 1. The second-order valence-corrected chi connectivity index (χ2v) is 8.91. The van der Waals surface area contributed by atoms with Crippen LogP contribution in [0.25, 0.3) is 28.6 Å². The molecule has 1 aromatic heterocycles. The normalized spacial score (nSPS) is 14.4. The molecule has 0 unspecified atom stereocenters. The largest absolute Gasteiger partial charge is 0.321 e. The van der Waals surface area contributed by atoms with E-state index in [1.54, 1.807) is 16.8 Å². The van der Waals surface area contributed by atoms with Crippen molar-refractivity contribution in [2.24, 2.45) is 5.14 Å². The fourth-order valence-corrected chi connectivity index (χ4v) is 4.21. The van der Waals surface area contributed by atoms with Crippen LogP contribution in [0.2, 0.25) is 0 Å². The monoisotopic (exact) mass is 442 g/mol. The lowest BCUT2D eigenvalue weighted by Gasteiger charge is -2.03.